The van der Waals surface area contributed by atoms with Gasteiger partial charge in [-0.2, -0.15) is 13.2 Å². The monoisotopic (exact) mass is 425 g/mol. The summed E-state index contributed by atoms with van der Waals surface area (Å²) in [6, 6.07) is 13.3. The fraction of sp³-hybridized carbons (Fsp3) is 0.0417. The topological polar surface area (TPSA) is 29.8 Å². The maximum Gasteiger partial charge on any atom is 0.416 e. The summed E-state index contributed by atoms with van der Waals surface area (Å²) < 4.78 is 67.2. The summed E-state index contributed by atoms with van der Waals surface area (Å²) >= 11 is 0. The Hall–Kier alpha value is -3.74. The van der Waals surface area contributed by atoms with Crippen molar-refractivity contribution in [3.8, 4) is 0 Å². The summed E-state index contributed by atoms with van der Waals surface area (Å²) in [6.45, 7) is 0. The van der Waals surface area contributed by atoms with Gasteiger partial charge in [-0.05, 0) is 48.0 Å². The largest absolute Gasteiger partial charge is 0.416 e. The number of allylic oxidation sites excluding steroid dienone is 1. The minimum absolute atomic E-state index is 0.440. The van der Waals surface area contributed by atoms with Crippen molar-refractivity contribution >= 4 is 34.0 Å². The van der Waals surface area contributed by atoms with Crippen LogP contribution in [0.1, 0.15) is 22.3 Å². The van der Waals surface area contributed by atoms with E-state index in [0.29, 0.717) is 44.4 Å². The maximum absolute atomic E-state index is 14.0. The van der Waals surface area contributed by atoms with Crippen LogP contribution in [0.4, 0.5) is 27.6 Å². The van der Waals surface area contributed by atoms with Crippen molar-refractivity contribution in [2.24, 2.45) is 0 Å². The van der Waals surface area contributed by atoms with Gasteiger partial charge in [-0.15, -0.1) is 0 Å². The number of nitrogens with one attached hydrogen (secondary N) is 2. The van der Waals surface area contributed by atoms with Gasteiger partial charge < -0.3 is 4.98 Å². The lowest BCUT2D eigenvalue weighted by Gasteiger charge is -2.12. The Morgan fingerprint density at radius 1 is 0.839 bits per heavy atom. The lowest BCUT2D eigenvalue weighted by atomic mass is 9.89. The Morgan fingerprint density at radius 3 is 2.29 bits per heavy atom. The molecule has 7 heteroatoms. The summed E-state index contributed by atoms with van der Waals surface area (Å²) in [6.07, 6.45) is -1.11. The van der Waals surface area contributed by atoms with Crippen LogP contribution in [0.15, 0.2) is 66.9 Å². The quantitative estimate of drug-likeness (QED) is 0.413. The molecule has 0 atom stereocenters. The number of alkyl halides is 3. The first-order valence-electron chi connectivity index (χ1n) is 9.40. The molecule has 0 radical (unpaired) electrons. The van der Waals surface area contributed by atoms with Crippen LogP contribution in [0.25, 0.3) is 22.0 Å². The minimum atomic E-state index is -4.47. The molecule has 0 amide bonds. The van der Waals surface area contributed by atoms with E-state index < -0.39 is 23.4 Å². The maximum atomic E-state index is 14.0. The summed E-state index contributed by atoms with van der Waals surface area (Å²) in [5.74, 6) is -0.879. The molecule has 0 saturated carbocycles. The molecule has 5 rings (SSSR count). The van der Waals surface area contributed by atoms with E-state index in [0.717, 1.165) is 12.1 Å². The molecule has 0 fully saturated rings. The number of fused-ring (bicyclic) bond motifs is 2. The third-order valence-electron chi connectivity index (χ3n) is 5.33. The number of hydrogen-bond acceptors (Lipinski definition) is 0. The fourth-order valence-corrected chi connectivity index (χ4v) is 3.88. The number of hydrogen-bond donors (Lipinski definition) is 2. The van der Waals surface area contributed by atoms with E-state index >= 15 is 0 Å². The zero-order chi connectivity index (χ0) is 21.8. The van der Waals surface area contributed by atoms with Crippen LogP contribution in [-0.4, -0.2) is 11.2 Å². The normalized spacial score (nSPS) is 14.9. The molecule has 1 aliphatic heterocycles. The third kappa shape index (κ3) is 3.32. The summed E-state index contributed by atoms with van der Waals surface area (Å²) in [5, 5.41) is 0.570. The average molecular weight is 425 g/mol. The van der Waals surface area contributed by atoms with Crippen LogP contribution in [0.3, 0.4) is 0 Å². The molecular formula is C24H14F5N2+. The predicted octanol–water partition coefficient (Wildman–Crippen LogP) is 5.22. The number of aromatic nitrogens is 1. The Kier molecular flexibility index (Phi) is 4.28. The smallest absolute Gasteiger partial charge is 0.361 e. The Bertz CT molecular complexity index is 1380. The van der Waals surface area contributed by atoms with E-state index in [1.54, 1.807) is 24.5 Å². The number of H-pyrrole nitrogens is 1. The van der Waals surface area contributed by atoms with E-state index in [1.807, 2.05) is 0 Å². The van der Waals surface area contributed by atoms with Crippen molar-refractivity contribution in [3.63, 3.8) is 0 Å². The van der Waals surface area contributed by atoms with E-state index in [-0.39, 0.29) is 0 Å². The molecule has 0 saturated heterocycles. The van der Waals surface area contributed by atoms with E-state index in [4.69, 9.17) is 0 Å². The van der Waals surface area contributed by atoms with Gasteiger partial charge in [-0.3, -0.25) is 0 Å². The SMILES string of the molecule is Fc1ccc2c(c1)C(=C(c1ccc(C(F)(F)F)cc1)c1c[nH]c3ccc(F)cc13)C=[NH+]2. The molecule has 1 aromatic heterocycles. The Balaban J connectivity index is 1.80. The molecule has 0 unspecified atom stereocenters. The standard InChI is InChI=1S/C24H13F5N2/c25-15-5-7-21-17(9-15)19(11-30-21)23(13-1-3-14(4-2-13)24(27,28)29)20-12-31-22-8-6-16(26)10-18(20)22/h1-12,30H/p+1. The van der Waals surface area contributed by atoms with Crippen LogP contribution >= 0.6 is 0 Å². The van der Waals surface area contributed by atoms with Gasteiger partial charge in [0.15, 0.2) is 6.21 Å². The summed E-state index contributed by atoms with van der Waals surface area (Å²) in [4.78, 5) is 6.14. The fourth-order valence-electron chi connectivity index (χ4n) is 3.88. The van der Waals surface area contributed by atoms with Gasteiger partial charge in [-0.1, -0.05) is 12.1 Å². The number of benzene rings is 3. The van der Waals surface area contributed by atoms with Crippen molar-refractivity contribution in [1.29, 1.82) is 0 Å². The van der Waals surface area contributed by atoms with Crippen LogP contribution in [0.5, 0.6) is 0 Å². The van der Waals surface area contributed by atoms with Gasteiger partial charge in [-0.25, -0.2) is 13.8 Å². The molecule has 31 heavy (non-hydrogen) atoms. The second-order valence-electron chi connectivity index (χ2n) is 7.23. The van der Waals surface area contributed by atoms with Crippen molar-refractivity contribution in [3.05, 3.63) is 101 Å². The molecule has 2 nitrogen and oxygen atoms in total. The average Bonchev–Trinajstić information content (AvgIpc) is 3.33. The van der Waals surface area contributed by atoms with Gasteiger partial charge in [0.2, 0.25) is 5.69 Å². The van der Waals surface area contributed by atoms with E-state index in [1.165, 1.54) is 36.4 Å². The van der Waals surface area contributed by atoms with E-state index in [2.05, 4.69) is 9.98 Å². The second-order valence-corrected chi connectivity index (χ2v) is 7.23. The first kappa shape index (κ1) is 19.2. The van der Waals surface area contributed by atoms with Gasteiger partial charge in [0.1, 0.15) is 11.6 Å². The molecule has 4 aromatic rings. The number of aromatic amines is 1. The molecule has 0 bridgehead atoms. The van der Waals surface area contributed by atoms with Crippen LogP contribution in [-0.2, 0) is 6.18 Å². The molecule has 0 aliphatic carbocycles. The first-order valence-corrected chi connectivity index (χ1v) is 9.40. The molecule has 2 heterocycles. The molecule has 0 spiro atoms. The third-order valence-corrected chi connectivity index (χ3v) is 5.33. The predicted molar refractivity (Wildman–Crippen MR) is 109 cm³/mol. The van der Waals surface area contributed by atoms with Crippen molar-refractivity contribution in [2.75, 3.05) is 0 Å². The highest BCUT2D eigenvalue weighted by molar-refractivity contribution is 6.24. The molecule has 2 N–H and O–H groups in total. The molecular weight excluding hydrogens is 411 g/mol. The van der Waals surface area contributed by atoms with Crippen LogP contribution in [0, 0.1) is 11.6 Å². The first-order chi connectivity index (χ1) is 14.8. The second kappa shape index (κ2) is 6.91. The highest BCUT2D eigenvalue weighted by Crippen LogP contribution is 2.39. The number of halogens is 5. The zero-order valence-corrected chi connectivity index (χ0v) is 15.8. The van der Waals surface area contributed by atoms with Gasteiger partial charge in [0, 0.05) is 34.3 Å². The van der Waals surface area contributed by atoms with Crippen molar-refractivity contribution in [2.45, 2.75) is 6.18 Å². The molecule has 1 aliphatic rings. The summed E-state index contributed by atoms with van der Waals surface area (Å²) in [7, 11) is 0. The lowest BCUT2D eigenvalue weighted by molar-refractivity contribution is -0.342. The number of rotatable bonds is 2. The minimum Gasteiger partial charge on any atom is -0.361 e. The van der Waals surface area contributed by atoms with Crippen LogP contribution < -0.4 is 4.99 Å². The highest BCUT2D eigenvalue weighted by atomic mass is 19.4. The summed E-state index contributed by atoms with van der Waals surface area (Å²) in [5.41, 5.74) is 3.38. The van der Waals surface area contributed by atoms with Gasteiger partial charge in [0.25, 0.3) is 0 Å². The zero-order valence-electron chi connectivity index (χ0n) is 15.8. The Labute approximate surface area is 173 Å². The van der Waals surface area contributed by atoms with Crippen molar-refractivity contribution in [1.82, 2.24) is 4.98 Å². The highest BCUT2D eigenvalue weighted by Gasteiger charge is 2.31. The molecule has 3 aromatic carbocycles. The van der Waals surface area contributed by atoms with Gasteiger partial charge in [0.05, 0.1) is 16.7 Å². The molecule has 154 valence electrons. The van der Waals surface area contributed by atoms with E-state index in [9.17, 15) is 22.0 Å². The Morgan fingerprint density at radius 2 is 1.55 bits per heavy atom. The van der Waals surface area contributed by atoms with Crippen LogP contribution in [0.2, 0.25) is 0 Å². The van der Waals surface area contributed by atoms with Gasteiger partial charge >= 0.3 is 6.18 Å². The van der Waals surface area contributed by atoms with Crippen molar-refractivity contribution < 1.29 is 26.9 Å². The lowest BCUT2D eigenvalue weighted by Crippen LogP contribution is -2.58.